The third-order valence-electron chi connectivity index (χ3n) is 4.60. The smallest absolute Gasteiger partial charge is 0.264 e. The number of amides is 1. The van der Waals surface area contributed by atoms with Crippen LogP contribution in [0.5, 0.6) is 5.75 Å². The molecule has 4 aromatic rings. The highest BCUT2D eigenvalue weighted by Crippen LogP contribution is 2.22. The van der Waals surface area contributed by atoms with Gasteiger partial charge in [-0.1, -0.05) is 41.4 Å². The number of anilines is 1. The maximum absolute atomic E-state index is 12.1. The highest BCUT2D eigenvalue weighted by atomic mass is 35.5. The fourth-order valence-electron chi connectivity index (χ4n) is 3.01. The number of halogens is 1. The fraction of sp³-hybridized carbons (Fsp3) is 0.125. The lowest BCUT2D eigenvalue weighted by Crippen LogP contribution is -2.37. The Morgan fingerprint density at radius 1 is 1.09 bits per heavy atom. The summed E-state index contributed by atoms with van der Waals surface area (Å²) < 4.78 is 11.3. The van der Waals surface area contributed by atoms with Crippen molar-refractivity contribution in [3.63, 3.8) is 0 Å². The van der Waals surface area contributed by atoms with Gasteiger partial charge in [-0.05, 0) is 67.2 Å². The van der Waals surface area contributed by atoms with E-state index in [1.54, 1.807) is 12.1 Å². The molecule has 1 aromatic heterocycles. The number of nitrogens with zero attached hydrogens (tertiary/aromatic N) is 1. The van der Waals surface area contributed by atoms with Gasteiger partial charge in [-0.3, -0.25) is 10.1 Å². The first-order valence-corrected chi connectivity index (χ1v) is 10.7. The summed E-state index contributed by atoms with van der Waals surface area (Å²) in [5, 5.41) is 6.45. The predicted molar refractivity (Wildman–Crippen MR) is 129 cm³/mol. The molecule has 1 amide bonds. The zero-order valence-electron chi connectivity index (χ0n) is 17.2. The average molecular weight is 466 g/mol. The monoisotopic (exact) mass is 465 g/mol. The van der Waals surface area contributed by atoms with Crippen LogP contribution in [0.1, 0.15) is 17.0 Å². The Hall–Kier alpha value is -3.42. The number of benzene rings is 3. The fourth-order valence-corrected chi connectivity index (χ4v) is 3.37. The minimum Gasteiger partial charge on any atom is -0.484 e. The lowest BCUT2D eigenvalue weighted by molar-refractivity contribution is -0.121. The van der Waals surface area contributed by atoms with Gasteiger partial charge >= 0.3 is 0 Å². The highest BCUT2D eigenvalue weighted by molar-refractivity contribution is 7.80. The van der Waals surface area contributed by atoms with Crippen molar-refractivity contribution in [3.8, 4) is 5.75 Å². The maximum Gasteiger partial charge on any atom is 0.264 e. The average Bonchev–Trinajstić information content (AvgIpc) is 3.16. The third-order valence-corrected chi connectivity index (χ3v) is 5.06. The van der Waals surface area contributed by atoms with E-state index in [0.29, 0.717) is 39.9 Å². The number of thiocarbonyl (C=S) groups is 1. The van der Waals surface area contributed by atoms with E-state index in [4.69, 9.17) is 33.0 Å². The van der Waals surface area contributed by atoms with Crippen LogP contribution in [-0.4, -0.2) is 22.6 Å². The first kappa shape index (κ1) is 21.8. The van der Waals surface area contributed by atoms with E-state index in [-0.39, 0.29) is 17.6 Å². The molecule has 162 valence electrons. The second-order valence-corrected chi connectivity index (χ2v) is 8.04. The van der Waals surface area contributed by atoms with Crippen molar-refractivity contribution < 1.29 is 13.9 Å². The van der Waals surface area contributed by atoms with Gasteiger partial charge in [0, 0.05) is 17.1 Å². The van der Waals surface area contributed by atoms with Crippen LogP contribution in [0.15, 0.2) is 71.1 Å². The molecule has 0 saturated carbocycles. The van der Waals surface area contributed by atoms with Crippen LogP contribution < -0.4 is 15.4 Å². The van der Waals surface area contributed by atoms with Gasteiger partial charge in [0.15, 0.2) is 23.2 Å². The molecular formula is C24H20ClN3O3S. The number of aromatic nitrogens is 1. The number of hydrogen-bond donors (Lipinski definition) is 2. The quantitative estimate of drug-likeness (QED) is 0.378. The lowest BCUT2D eigenvalue weighted by Gasteiger charge is -2.10. The van der Waals surface area contributed by atoms with Crippen LogP contribution >= 0.6 is 23.8 Å². The van der Waals surface area contributed by atoms with Gasteiger partial charge in [-0.2, -0.15) is 0 Å². The molecule has 32 heavy (non-hydrogen) atoms. The molecule has 0 aliphatic carbocycles. The van der Waals surface area contributed by atoms with Gasteiger partial charge in [-0.25, -0.2) is 4.98 Å². The van der Waals surface area contributed by atoms with Gasteiger partial charge in [0.1, 0.15) is 11.3 Å². The number of aryl methyl sites for hydroxylation is 1. The Morgan fingerprint density at radius 2 is 1.84 bits per heavy atom. The Bertz CT molecular complexity index is 1250. The number of ether oxygens (including phenoxy) is 1. The Labute approximate surface area is 195 Å². The van der Waals surface area contributed by atoms with Gasteiger partial charge < -0.3 is 14.5 Å². The topological polar surface area (TPSA) is 76.4 Å². The molecule has 0 spiro atoms. The third kappa shape index (κ3) is 5.84. The summed E-state index contributed by atoms with van der Waals surface area (Å²) in [6.45, 7) is 1.85. The summed E-state index contributed by atoms with van der Waals surface area (Å²) in [4.78, 5) is 16.6. The zero-order valence-corrected chi connectivity index (χ0v) is 18.8. The second kappa shape index (κ2) is 9.80. The Kier molecular flexibility index (Phi) is 6.68. The molecule has 6 nitrogen and oxygen atoms in total. The first-order valence-electron chi connectivity index (χ1n) is 9.89. The summed E-state index contributed by atoms with van der Waals surface area (Å²) >= 11 is 11.2. The summed E-state index contributed by atoms with van der Waals surface area (Å²) in [6, 6.07) is 20.4. The molecule has 4 rings (SSSR count). The van der Waals surface area contributed by atoms with Crippen LogP contribution in [-0.2, 0) is 11.2 Å². The molecule has 8 heteroatoms. The van der Waals surface area contributed by atoms with Gasteiger partial charge in [-0.15, -0.1) is 0 Å². The number of hydrogen-bond acceptors (Lipinski definition) is 5. The summed E-state index contributed by atoms with van der Waals surface area (Å²) in [5.41, 5.74) is 4.22. The molecule has 2 N–H and O–H groups in total. The number of nitrogens with one attached hydrogen (secondary N) is 2. The normalized spacial score (nSPS) is 10.7. The van der Waals surface area contributed by atoms with E-state index >= 15 is 0 Å². The molecular weight excluding hydrogens is 446 g/mol. The van der Waals surface area contributed by atoms with Crippen molar-refractivity contribution >= 4 is 51.6 Å². The van der Waals surface area contributed by atoms with Crippen molar-refractivity contribution in [2.45, 2.75) is 13.3 Å². The van der Waals surface area contributed by atoms with Crippen LogP contribution in [0.3, 0.4) is 0 Å². The van der Waals surface area contributed by atoms with Gasteiger partial charge in [0.2, 0.25) is 0 Å². The van der Waals surface area contributed by atoms with E-state index < -0.39 is 0 Å². The van der Waals surface area contributed by atoms with Crippen molar-refractivity contribution in [2.75, 3.05) is 11.9 Å². The highest BCUT2D eigenvalue weighted by Gasteiger charge is 2.10. The predicted octanol–water partition coefficient (Wildman–Crippen LogP) is 5.27. The van der Waals surface area contributed by atoms with Crippen LogP contribution in [0.4, 0.5) is 5.69 Å². The van der Waals surface area contributed by atoms with E-state index in [9.17, 15) is 4.79 Å². The Balaban J connectivity index is 1.32. The van der Waals surface area contributed by atoms with Crippen molar-refractivity contribution in [3.05, 3.63) is 88.8 Å². The molecule has 0 atom stereocenters. The zero-order chi connectivity index (χ0) is 22.5. The van der Waals surface area contributed by atoms with E-state index in [1.807, 2.05) is 61.5 Å². The van der Waals surface area contributed by atoms with Crippen molar-refractivity contribution in [1.29, 1.82) is 0 Å². The number of fused-ring (bicyclic) bond motifs is 1. The van der Waals surface area contributed by atoms with Crippen LogP contribution in [0, 0.1) is 6.92 Å². The molecule has 1 heterocycles. The molecule has 0 bridgehead atoms. The van der Waals surface area contributed by atoms with E-state index in [0.717, 1.165) is 11.1 Å². The number of carbonyl (C=O) groups is 1. The maximum atomic E-state index is 12.1. The minimum absolute atomic E-state index is 0.138. The first-order chi connectivity index (χ1) is 15.4. The SMILES string of the molecule is Cc1ccc(OCC(=O)NC(=S)Nc2ccc3oc(Cc4ccc(Cl)cc4)nc3c2)cc1. The molecule has 0 saturated heterocycles. The summed E-state index contributed by atoms with van der Waals surface area (Å²) in [6.07, 6.45) is 0.560. The van der Waals surface area contributed by atoms with Crippen LogP contribution in [0.2, 0.25) is 5.02 Å². The molecule has 0 radical (unpaired) electrons. The van der Waals surface area contributed by atoms with Gasteiger partial charge in [0.05, 0.1) is 0 Å². The molecule has 0 aliphatic heterocycles. The van der Waals surface area contributed by atoms with Crippen molar-refractivity contribution in [2.24, 2.45) is 0 Å². The largest absolute Gasteiger partial charge is 0.484 e. The molecule has 0 unspecified atom stereocenters. The number of carbonyl (C=O) groups excluding carboxylic acids is 1. The minimum atomic E-state index is -0.351. The van der Waals surface area contributed by atoms with Crippen LogP contribution in [0.25, 0.3) is 11.1 Å². The molecule has 0 fully saturated rings. The number of oxazole rings is 1. The standard InChI is InChI=1S/C24H20ClN3O3S/c1-15-2-9-19(10-3-15)30-14-22(29)28-24(32)26-18-8-11-21-20(13-18)27-23(31-21)12-16-4-6-17(25)7-5-16/h2-11,13H,12,14H2,1H3,(H2,26,28,29,32). The van der Waals surface area contributed by atoms with E-state index in [1.165, 1.54) is 0 Å². The summed E-state index contributed by atoms with van der Waals surface area (Å²) in [5.74, 6) is 0.870. The lowest BCUT2D eigenvalue weighted by atomic mass is 10.1. The van der Waals surface area contributed by atoms with E-state index in [2.05, 4.69) is 15.6 Å². The van der Waals surface area contributed by atoms with Gasteiger partial charge in [0.25, 0.3) is 5.91 Å². The molecule has 3 aromatic carbocycles. The van der Waals surface area contributed by atoms with Crippen molar-refractivity contribution in [1.82, 2.24) is 10.3 Å². The molecule has 0 aliphatic rings. The second-order valence-electron chi connectivity index (χ2n) is 7.20. The number of rotatable bonds is 6. The Morgan fingerprint density at radius 3 is 2.59 bits per heavy atom. The summed E-state index contributed by atoms with van der Waals surface area (Å²) in [7, 11) is 0.